The van der Waals surface area contributed by atoms with Crippen LogP contribution < -0.4 is 11.1 Å². The fraction of sp³-hybridized carbons (Fsp3) is 0.333. The Morgan fingerprint density at radius 3 is 2.30 bits per heavy atom. The summed E-state index contributed by atoms with van der Waals surface area (Å²) in [7, 11) is 0. The van der Waals surface area contributed by atoms with Crippen LogP contribution in [0.15, 0.2) is 18.2 Å². The van der Waals surface area contributed by atoms with Gasteiger partial charge in [-0.1, -0.05) is 11.6 Å². The average molecular weight is 290 g/mol. The van der Waals surface area contributed by atoms with Gasteiger partial charge in [-0.3, -0.25) is 4.79 Å². The number of carboxylic acids is 1. The zero-order valence-electron chi connectivity index (χ0n) is 10.7. The van der Waals surface area contributed by atoms with Crippen LogP contribution in [-0.2, 0) is 4.79 Å². The number of nitrogens with one attached hydrogen (secondary N) is 1. The average Bonchev–Trinajstić information content (AvgIpc) is 2.29. The summed E-state index contributed by atoms with van der Waals surface area (Å²) in [5.41, 5.74) is 1.88. The topological polar surface area (TPSA) is 92.4 Å². The lowest BCUT2D eigenvalue weighted by molar-refractivity contribution is -0.184. The molecular formula is C12H13F3N2O3. The number of carbonyl (C=O) groups excluding carboxylic acids is 1. The third-order valence-electron chi connectivity index (χ3n) is 2.71. The van der Waals surface area contributed by atoms with Crippen LogP contribution in [0.4, 0.5) is 18.9 Å². The van der Waals surface area contributed by atoms with Crippen molar-refractivity contribution in [3.05, 3.63) is 29.3 Å². The first kappa shape index (κ1) is 16.0. The van der Waals surface area contributed by atoms with Crippen LogP contribution in [-0.4, -0.2) is 28.7 Å². The first-order chi connectivity index (χ1) is 8.96. The normalized spacial score (nSPS) is 14.5. The molecule has 8 heteroatoms. The third kappa shape index (κ3) is 3.08. The fourth-order valence-corrected chi connectivity index (χ4v) is 1.32. The zero-order chi connectivity index (χ0) is 15.7. The Balaban J connectivity index is 3.12. The largest absolute Gasteiger partial charge is 0.478 e. The van der Waals surface area contributed by atoms with Crippen molar-refractivity contribution < 1.29 is 27.9 Å². The Kier molecular flexibility index (Phi) is 4.09. The van der Waals surface area contributed by atoms with Crippen molar-refractivity contribution >= 4 is 17.6 Å². The number of aromatic carboxylic acids is 1. The standard InChI is InChI=1S/C12H13F3N2O3/c1-6-3-4-8(7(5-6)9(18)19)17-10(20)11(2,16)12(13,14)15/h3-5H,16H2,1-2H3,(H,17,20)(H,18,19). The molecular weight excluding hydrogens is 277 g/mol. The highest BCUT2D eigenvalue weighted by Crippen LogP contribution is 2.29. The van der Waals surface area contributed by atoms with Crippen LogP contribution >= 0.6 is 0 Å². The Bertz CT molecular complexity index is 553. The number of benzene rings is 1. The van der Waals surface area contributed by atoms with Crippen molar-refractivity contribution in [1.29, 1.82) is 0 Å². The third-order valence-corrected chi connectivity index (χ3v) is 2.71. The van der Waals surface area contributed by atoms with Crippen LogP contribution in [0.3, 0.4) is 0 Å². The van der Waals surface area contributed by atoms with Crippen molar-refractivity contribution in [2.24, 2.45) is 5.73 Å². The molecule has 1 amide bonds. The number of aryl methyl sites for hydroxylation is 1. The number of amides is 1. The summed E-state index contributed by atoms with van der Waals surface area (Å²) < 4.78 is 37.8. The van der Waals surface area contributed by atoms with Gasteiger partial charge in [0.15, 0.2) is 5.54 Å². The number of rotatable bonds is 3. The molecule has 0 aliphatic rings. The van der Waals surface area contributed by atoms with E-state index in [9.17, 15) is 22.8 Å². The van der Waals surface area contributed by atoms with E-state index in [-0.39, 0.29) is 11.3 Å². The number of anilines is 1. The Morgan fingerprint density at radius 1 is 1.30 bits per heavy atom. The smallest absolute Gasteiger partial charge is 0.415 e. The number of carbonyl (C=O) groups is 2. The number of carboxylic acid groups (broad SMARTS) is 1. The van der Waals surface area contributed by atoms with E-state index in [0.29, 0.717) is 12.5 Å². The van der Waals surface area contributed by atoms with Crippen molar-refractivity contribution in [3.63, 3.8) is 0 Å². The molecule has 1 aromatic carbocycles. The van der Waals surface area contributed by atoms with Crippen LogP contribution in [0.5, 0.6) is 0 Å². The highest BCUT2D eigenvalue weighted by Gasteiger charge is 2.54. The predicted molar refractivity (Wildman–Crippen MR) is 65.4 cm³/mol. The van der Waals surface area contributed by atoms with Crippen LogP contribution in [0.25, 0.3) is 0 Å². The molecule has 0 heterocycles. The maximum absolute atomic E-state index is 12.6. The fourth-order valence-electron chi connectivity index (χ4n) is 1.32. The van der Waals surface area contributed by atoms with Crippen molar-refractivity contribution in [3.8, 4) is 0 Å². The molecule has 0 fully saturated rings. The molecule has 0 aromatic heterocycles. The molecule has 5 nitrogen and oxygen atoms in total. The summed E-state index contributed by atoms with van der Waals surface area (Å²) in [4.78, 5) is 22.6. The maximum Gasteiger partial charge on any atom is 0.415 e. The summed E-state index contributed by atoms with van der Waals surface area (Å²) in [6, 6.07) is 3.91. The summed E-state index contributed by atoms with van der Waals surface area (Å²) in [5, 5.41) is 10.9. The Labute approximate surface area is 112 Å². The first-order valence-electron chi connectivity index (χ1n) is 5.48. The lowest BCUT2D eigenvalue weighted by atomic mass is 10.0. The molecule has 0 saturated heterocycles. The number of halogens is 3. The van der Waals surface area contributed by atoms with Gasteiger partial charge >= 0.3 is 12.1 Å². The van der Waals surface area contributed by atoms with Gasteiger partial charge in [-0.25, -0.2) is 4.79 Å². The second-order valence-corrected chi connectivity index (χ2v) is 4.51. The highest BCUT2D eigenvalue weighted by atomic mass is 19.4. The van der Waals surface area contributed by atoms with E-state index >= 15 is 0 Å². The first-order valence-corrected chi connectivity index (χ1v) is 5.48. The zero-order valence-corrected chi connectivity index (χ0v) is 10.7. The number of hydrogen-bond donors (Lipinski definition) is 3. The molecule has 4 N–H and O–H groups in total. The molecule has 1 unspecified atom stereocenters. The van der Waals surface area contributed by atoms with Gasteiger partial charge in [-0.2, -0.15) is 13.2 Å². The van der Waals surface area contributed by atoms with E-state index in [1.165, 1.54) is 18.2 Å². The summed E-state index contributed by atoms with van der Waals surface area (Å²) >= 11 is 0. The quantitative estimate of drug-likeness (QED) is 0.793. The van der Waals surface area contributed by atoms with E-state index in [1.54, 1.807) is 6.92 Å². The predicted octanol–water partition coefficient (Wildman–Crippen LogP) is 1.91. The molecule has 0 aliphatic heterocycles. The Hall–Kier alpha value is -2.09. The van der Waals surface area contributed by atoms with Gasteiger partial charge in [0.2, 0.25) is 0 Å². The van der Waals surface area contributed by atoms with Gasteiger partial charge in [0.05, 0.1) is 11.3 Å². The second-order valence-electron chi connectivity index (χ2n) is 4.51. The van der Waals surface area contributed by atoms with Gasteiger partial charge in [-0.15, -0.1) is 0 Å². The summed E-state index contributed by atoms with van der Waals surface area (Å²) in [6.45, 7) is 2.12. The van der Waals surface area contributed by atoms with Gasteiger partial charge in [-0.05, 0) is 26.0 Å². The lowest BCUT2D eigenvalue weighted by Crippen LogP contribution is -2.59. The minimum absolute atomic E-state index is 0.242. The minimum Gasteiger partial charge on any atom is -0.478 e. The van der Waals surface area contributed by atoms with Crippen molar-refractivity contribution in [2.45, 2.75) is 25.6 Å². The van der Waals surface area contributed by atoms with E-state index in [0.717, 1.165) is 0 Å². The molecule has 0 aliphatic carbocycles. The van der Waals surface area contributed by atoms with Crippen LogP contribution in [0.2, 0.25) is 0 Å². The minimum atomic E-state index is -4.95. The molecule has 0 saturated carbocycles. The van der Waals surface area contributed by atoms with E-state index in [4.69, 9.17) is 10.8 Å². The molecule has 1 aromatic rings. The molecule has 110 valence electrons. The Morgan fingerprint density at radius 2 is 1.85 bits per heavy atom. The van der Waals surface area contributed by atoms with Crippen LogP contribution in [0.1, 0.15) is 22.8 Å². The molecule has 0 bridgehead atoms. The number of nitrogens with two attached hydrogens (primary N) is 1. The molecule has 1 atom stereocenters. The van der Waals surface area contributed by atoms with E-state index < -0.39 is 23.6 Å². The maximum atomic E-state index is 12.6. The van der Waals surface area contributed by atoms with Crippen molar-refractivity contribution in [2.75, 3.05) is 5.32 Å². The molecule has 0 radical (unpaired) electrons. The lowest BCUT2D eigenvalue weighted by Gasteiger charge is -2.26. The van der Waals surface area contributed by atoms with Crippen molar-refractivity contribution in [1.82, 2.24) is 0 Å². The number of hydrogen-bond acceptors (Lipinski definition) is 3. The van der Waals surface area contributed by atoms with Gasteiger partial charge in [0, 0.05) is 0 Å². The van der Waals surface area contributed by atoms with E-state index in [2.05, 4.69) is 0 Å². The molecule has 1 rings (SSSR count). The van der Waals surface area contributed by atoms with Crippen LogP contribution in [0, 0.1) is 6.92 Å². The monoisotopic (exact) mass is 290 g/mol. The highest BCUT2D eigenvalue weighted by molar-refractivity contribution is 6.04. The summed E-state index contributed by atoms with van der Waals surface area (Å²) in [6.07, 6.45) is -4.95. The summed E-state index contributed by atoms with van der Waals surface area (Å²) in [5.74, 6) is -2.90. The second kappa shape index (κ2) is 5.12. The van der Waals surface area contributed by atoms with Gasteiger partial charge in [0.25, 0.3) is 5.91 Å². The molecule has 0 spiro atoms. The van der Waals surface area contributed by atoms with Gasteiger partial charge < -0.3 is 16.2 Å². The number of alkyl halides is 3. The van der Waals surface area contributed by atoms with Gasteiger partial charge in [0.1, 0.15) is 0 Å². The van der Waals surface area contributed by atoms with E-state index in [1.807, 2.05) is 5.32 Å². The SMILES string of the molecule is Cc1ccc(NC(=O)C(C)(N)C(F)(F)F)c(C(=O)O)c1. The molecule has 20 heavy (non-hydrogen) atoms.